The number of benzene rings is 2. The molecule has 0 radical (unpaired) electrons. The second kappa shape index (κ2) is 9.90. The third-order valence-corrected chi connectivity index (χ3v) is 7.68. The van der Waals surface area contributed by atoms with Crippen LogP contribution in [0.3, 0.4) is 0 Å². The molecule has 2 aliphatic rings. The summed E-state index contributed by atoms with van der Waals surface area (Å²) >= 11 is 18.5. The van der Waals surface area contributed by atoms with Gasteiger partial charge in [-0.15, -0.1) is 0 Å². The minimum atomic E-state index is -0.536. The van der Waals surface area contributed by atoms with Gasteiger partial charge in [0, 0.05) is 45.0 Å². The lowest BCUT2D eigenvalue weighted by Gasteiger charge is -2.41. The highest BCUT2D eigenvalue weighted by Crippen LogP contribution is 2.52. The lowest BCUT2D eigenvalue weighted by molar-refractivity contribution is 0.0900. The highest BCUT2D eigenvalue weighted by Gasteiger charge is 2.54. The number of hydrogen-bond acceptors (Lipinski definition) is 4. The molecule has 0 amide bonds. The van der Waals surface area contributed by atoms with Gasteiger partial charge >= 0.3 is 0 Å². The molecule has 1 atom stereocenters. The van der Waals surface area contributed by atoms with Crippen molar-refractivity contribution in [2.45, 2.75) is 24.3 Å². The number of rotatable bonds is 5. The van der Waals surface area contributed by atoms with Crippen molar-refractivity contribution in [3.63, 3.8) is 0 Å². The largest absolute Gasteiger partial charge is 0.356 e. The molecule has 35 heavy (non-hydrogen) atoms. The maximum atomic E-state index is 15.1. The van der Waals surface area contributed by atoms with Gasteiger partial charge in [-0.2, -0.15) is 0 Å². The number of nitrogens with zero attached hydrogens (tertiary/aromatic N) is 2. The molecule has 5 rings (SSSR count). The number of aromatic nitrogens is 1. The van der Waals surface area contributed by atoms with Gasteiger partial charge in [-0.1, -0.05) is 46.9 Å². The number of ketones is 1. The van der Waals surface area contributed by atoms with Crippen molar-refractivity contribution >= 4 is 52.1 Å². The number of hydrogen-bond donors (Lipinski definition) is 1. The molecule has 3 heterocycles. The number of nitrogens with one attached hydrogen (secondary N) is 1. The van der Waals surface area contributed by atoms with E-state index in [4.69, 9.17) is 34.8 Å². The van der Waals surface area contributed by atoms with Gasteiger partial charge in [0.05, 0.1) is 0 Å². The van der Waals surface area contributed by atoms with E-state index in [1.807, 2.05) is 23.1 Å². The standard InChI is InChI=1S/C27H23Cl3FN3O/c28-19-3-1-17(2-4-19)22(31)8-14-34-23-6-5-20(29)16-21(23)27(9-12-32-13-10-27)26(34)25(35)18-7-11-33-24(30)15-18/h1-8,11,15-16,26,32H,9-10,12-14H2/b22-8-/t26-/m0/s1. The van der Waals surface area contributed by atoms with Crippen molar-refractivity contribution in [3.05, 3.63) is 98.8 Å². The Bertz CT molecular complexity index is 1290. The fourth-order valence-corrected chi connectivity index (χ4v) is 5.85. The predicted molar refractivity (Wildman–Crippen MR) is 140 cm³/mol. The molecule has 2 aliphatic heterocycles. The first kappa shape index (κ1) is 24.3. The van der Waals surface area contributed by atoms with Gasteiger partial charge in [-0.05, 0) is 80.0 Å². The van der Waals surface area contributed by atoms with E-state index in [9.17, 15) is 4.79 Å². The molecular weight excluding hydrogens is 508 g/mol. The Morgan fingerprint density at radius 3 is 2.46 bits per heavy atom. The molecular formula is C27H23Cl3FN3O. The molecule has 3 aromatic rings. The molecule has 8 heteroatoms. The third-order valence-electron chi connectivity index (χ3n) is 6.98. The van der Waals surface area contributed by atoms with E-state index in [2.05, 4.69) is 10.3 Å². The van der Waals surface area contributed by atoms with Crippen LogP contribution >= 0.6 is 34.8 Å². The summed E-state index contributed by atoms with van der Waals surface area (Å²) < 4.78 is 15.1. The first-order valence-electron chi connectivity index (χ1n) is 11.4. The number of carbonyl (C=O) groups is 1. The van der Waals surface area contributed by atoms with Crippen molar-refractivity contribution in [3.8, 4) is 0 Å². The maximum Gasteiger partial charge on any atom is 0.186 e. The predicted octanol–water partition coefficient (Wildman–Crippen LogP) is 6.75. The van der Waals surface area contributed by atoms with Crippen molar-refractivity contribution < 1.29 is 9.18 Å². The summed E-state index contributed by atoms with van der Waals surface area (Å²) in [7, 11) is 0. The lowest BCUT2D eigenvalue weighted by Crippen LogP contribution is -2.54. The summed E-state index contributed by atoms with van der Waals surface area (Å²) in [6, 6.07) is 15.0. The van der Waals surface area contributed by atoms with Gasteiger partial charge in [0.2, 0.25) is 0 Å². The minimum absolute atomic E-state index is 0.0659. The molecule has 2 aromatic carbocycles. The molecule has 4 nitrogen and oxygen atoms in total. The lowest BCUT2D eigenvalue weighted by atomic mass is 9.68. The first-order valence-corrected chi connectivity index (χ1v) is 12.6. The van der Waals surface area contributed by atoms with Crippen molar-refractivity contribution in [2.75, 3.05) is 24.5 Å². The van der Waals surface area contributed by atoms with Gasteiger partial charge in [-0.25, -0.2) is 9.37 Å². The fraction of sp³-hybridized carbons (Fsp3) is 0.259. The summed E-state index contributed by atoms with van der Waals surface area (Å²) in [5.74, 6) is -0.439. The average Bonchev–Trinajstić information content (AvgIpc) is 3.11. The number of anilines is 1. The zero-order valence-electron chi connectivity index (χ0n) is 18.8. The number of halogens is 4. The SMILES string of the molecule is O=C(c1ccnc(Cl)c1)[C@@H]1N(C/C=C(\F)c2ccc(Cl)cc2)c2ccc(Cl)cc2C12CCNCC2. The Balaban J connectivity index is 1.60. The van der Waals surface area contributed by atoms with Crippen LogP contribution < -0.4 is 10.2 Å². The molecule has 0 saturated carbocycles. The van der Waals surface area contributed by atoms with Crippen LogP contribution in [0.15, 0.2) is 66.9 Å². The number of Topliss-reactive ketones (excluding diaryl/α,β-unsaturated/α-hetero) is 1. The van der Waals surface area contributed by atoms with E-state index in [0.29, 0.717) is 21.2 Å². The van der Waals surface area contributed by atoms with Crippen LogP contribution in [-0.4, -0.2) is 36.4 Å². The van der Waals surface area contributed by atoms with Crippen molar-refractivity contribution in [1.29, 1.82) is 0 Å². The molecule has 180 valence electrons. The molecule has 1 aromatic heterocycles. The van der Waals surface area contributed by atoms with E-state index in [1.165, 1.54) is 12.3 Å². The number of carbonyl (C=O) groups excluding carboxylic acids is 1. The van der Waals surface area contributed by atoms with Crippen LogP contribution in [0.4, 0.5) is 10.1 Å². The van der Waals surface area contributed by atoms with Crippen LogP contribution in [0.25, 0.3) is 5.83 Å². The van der Waals surface area contributed by atoms with Gasteiger partial charge in [0.15, 0.2) is 5.78 Å². The van der Waals surface area contributed by atoms with E-state index in [1.54, 1.807) is 36.4 Å². The second-order valence-electron chi connectivity index (χ2n) is 8.91. The van der Waals surface area contributed by atoms with Gasteiger partial charge in [0.1, 0.15) is 17.0 Å². The quantitative estimate of drug-likeness (QED) is 0.293. The Morgan fingerprint density at radius 1 is 1.03 bits per heavy atom. The number of piperidine rings is 1. The Morgan fingerprint density at radius 2 is 1.74 bits per heavy atom. The van der Waals surface area contributed by atoms with E-state index in [0.717, 1.165) is 37.2 Å². The summed E-state index contributed by atoms with van der Waals surface area (Å²) in [5.41, 5.74) is 2.40. The fourth-order valence-electron chi connectivity index (χ4n) is 5.37. The summed E-state index contributed by atoms with van der Waals surface area (Å²) in [5, 5.41) is 4.82. The highest BCUT2D eigenvalue weighted by molar-refractivity contribution is 6.31. The summed E-state index contributed by atoms with van der Waals surface area (Å²) in [4.78, 5) is 20.1. The molecule has 1 spiro atoms. The molecule has 1 fully saturated rings. The molecule has 0 bridgehead atoms. The maximum absolute atomic E-state index is 15.1. The van der Waals surface area contributed by atoms with Crippen molar-refractivity contribution in [2.24, 2.45) is 0 Å². The van der Waals surface area contributed by atoms with Crippen molar-refractivity contribution in [1.82, 2.24) is 10.3 Å². The molecule has 1 N–H and O–H groups in total. The van der Waals surface area contributed by atoms with E-state index < -0.39 is 11.5 Å². The van der Waals surface area contributed by atoms with Crippen LogP contribution in [0, 0.1) is 0 Å². The van der Waals surface area contributed by atoms with E-state index >= 15 is 4.39 Å². The van der Waals surface area contributed by atoms with Crippen LogP contribution in [0.1, 0.15) is 34.3 Å². The van der Waals surface area contributed by atoms with Crippen LogP contribution in [0.5, 0.6) is 0 Å². The molecule has 1 saturated heterocycles. The zero-order chi connectivity index (χ0) is 24.6. The first-order chi connectivity index (χ1) is 16.9. The number of fused-ring (bicyclic) bond motifs is 2. The van der Waals surface area contributed by atoms with E-state index in [-0.39, 0.29) is 23.3 Å². The highest BCUT2D eigenvalue weighted by atomic mass is 35.5. The second-order valence-corrected chi connectivity index (χ2v) is 10.2. The Labute approximate surface area is 218 Å². The average molecular weight is 531 g/mol. The van der Waals surface area contributed by atoms with Crippen LogP contribution in [-0.2, 0) is 5.41 Å². The summed E-state index contributed by atoms with van der Waals surface area (Å²) in [6.07, 6.45) is 4.57. The van der Waals surface area contributed by atoms with Gasteiger partial charge in [0.25, 0.3) is 0 Å². The smallest absolute Gasteiger partial charge is 0.186 e. The van der Waals surface area contributed by atoms with Gasteiger partial charge < -0.3 is 10.2 Å². The Hall–Kier alpha value is -2.44. The minimum Gasteiger partial charge on any atom is -0.356 e. The summed E-state index contributed by atoms with van der Waals surface area (Å²) in [6.45, 7) is 1.76. The van der Waals surface area contributed by atoms with Crippen LogP contribution in [0.2, 0.25) is 15.2 Å². The van der Waals surface area contributed by atoms with Gasteiger partial charge in [-0.3, -0.25) is 4.79 Å². The molecule has 0 unspecified atom stereocenters. The normalized spacial score (nSPS) is 19.1. The number of pyridine rings is 1. The Kier molecular flexibility index (Phi) is 6.86. The molecule has 0 aliphatic carbocycles. The third kappa shape index (κ3) is 4.58. The topological polar surface area (TPSA) is 45.2 Å². The zero-order valence-corrected chi connectivity index (χ0v) is 21.0. The monoisotopic (exact) mass is 529 g/mol.